The van der Waals surface area contributed by atoms with Gasteiger partial charge >= 0.3 is 0 Å². The van der Waals surface area contributed by atoms with Crippen LogP contribution >= 0.6 is 11.6 Å². The molecule has 4 nitrogen and oxygen atoms in total. The Balaban J connectivity index is 2.25. The van der Waals surface area contributed by atoms with Crippen molar-refractivity contribution in [3.8, 4) is 0 Å². The van der Waals surface area contributed by atoms with Crippen molar-refractivity contribution in [2.45, 2.75) is 17.7 Å². The first-order valence-corrected chi connectivity index (χ1v) is 7.72. The summed E-state index contributed by atoms with van der Waals surface area (Å²) in [5, 5.41) is 9.56. The number of rotatable bonds is 3. The Morgan fingerprint density at radius 2 is 2.22 bits per heavy atom. The van der Waals surface area contributed by atoms with Crippen molar-refractivity contribution in [1.29, 1.82) is 0 Å². The van der Waals surface area contributed by atoms with Gasteiger partial charge in [0.15, 0.2) is 0 Å². The Labute approximate surface area is 112 Å². The fourth-order valence-electron chi connectivity index (χ4n) is 2.17. The van der Waals surface area contributed by atoms with Gasteiger partial charge < -0.3 is 5.11 Å². The molecule has 1 saturated heterocycles. The quantitative estimate of drug-likeness (QED) is 0.922. The number of nitrogens with zero attached hydrogens (tertiary/aromatic N) is 1. The van der Waals surface area contributed by atoms with Crippen LogP contribution in [0.1, 0.15) is 12.8 Å². The highest BCUT2D eigenvalue weighted by Crippen LogP contribution is 2.24. The third kappa shape index (κ3) is 2.85. The molecule has 0 saturated carbocycles. The molecule has 18 heavy (non-hydrogen) atoms. The average Bonchev–Trinajstić information content (AvgIpc) is 2.39. The van der Waals surface area contributed by atoms with Gasteiger partial charge in [0.2, 0.25) is 10.0 Å². The minimum atomic E-state index is -3.49. The normalized spacial score (nSPS) is 22.0. The minimum absolute atomic E-state index is 0.0293. The summed E-state index contributed by atoms with van der Waals surface area (Å²) in [4.78, 5) is 0.216. The van der Waals surface area contributed by atoms with Crippen LogP contribution in [0.3, 0.4) is 0 Å². The van der Waals surface area contributed by atoms with Crippen molar-refractivity contribution in [1.82, 2.24) is 4.31 Å². The maximum Gasteiger partial charge on any atom is 0.243 e. The smallest absolute Gasteiger partial charge is 0.243 e. The van der Waals surface area contributed by atoms with E-state index in [1.807, 2.05) is 0 Å². The van der Waals surface area contributed by atoms with Crippen molar-refractivity contribution in [2.75, 3.05) is 19.7 Å². The van der Waals surface area contributed by atoms with Gasteiger partial charge in [0.25, 0.3) is 0 Å². The summed E-state index contributed by atoms with van der Waals surface area (Å²) in [5.41, 5.74) is 0. The van der Waals surface area contributed by atoms with Gasteiger partial charge in [-0.25, -0.2) is 8.42 Å². The summed E-state index contributed by atoms with van der Waals surface area (Å²) in [6, 6.07) is 6.28. The van der Waals surface area contributed by atoms with E-state index in [2.05, 4.69) is 0 Å². The van der Waals surface area contributed by atoms with Crippen molar-refractivity contribution >= 4 is 21.6 Å². The second-order valence-electron chi connectivity index (χ2n) is 4.51. The number of hydrogen-bond acceptors (Lipinski definition) is 3. The van der Waals surface area contributed by atoms with Gasteiger partial charge in [-0.3, -0.25) is 0 Å². The van der Waals surface area contributed by atoms with Gasteiger partial charge in [-0.2, -0.15) is 4.31 Å². The molecule has 1 atom stereocenters. The number of sulfonamides is 1. The van der Waals surface area contributed by atoms with Gasteiger partial charge in [-0.1, -0.05) is 17.7 Å². The van der Waals surface area contributed by atoms with Crippen LogP contribution in [-0.2, 0) is 10.0 Å². The maximum atomic E-state index is 12.4. The van der Waals surface area contributed by atoms with Gasteiger partial charge in [0.1, 0.15) is 0 Å². The maximum absolute atomic E-state index is 12.4. The number of aliphatic hydroxyl groups is 1. The molecule has 1 aliphatic rings. The van der Waals surface area contributed by atoms with Crippen molar-refractivity contribution < 1.29 is 13.5 Å². The number of benzene rings is 1. The fraction of sp³-hybridized carbons (Fsp3) is 0.500. The van der Waals surface area contributed by atoms with Crippen LogP contribution < -0.4 is 0 Å². The van der Waals surface area contributed by atoms with E-state index in [9.17, 15) is 8.42 Å². The Bertz CT molecular complexity index is 518. The third-order valence-corrected chi connectivity index (χ3v) is 5.27. The molecule has 100 valence electrons. The number of hydrogen-bond donors (Lipinski definition) is 1. The second kappa shape index (κ2) is 5.57. The highest BCUT2D eigenvalue weighted by molar-refractivity contribution is 7.89. The zero-order chi connectivity index (χ0) is 13.2. The van der Waals surface area contributed by atoms with Gasteiger partial charge in [0.05, 0.1) is 4.90 Å². The van der Waals surface area contributed by atoms with Crippen molar-refractivity contribution in [2.24, 2.45) is 5.92 Å². The highest BCUT2D eigenvalue weighted by atomic mass is 35.5. The molecular weight excluding hydrogens is 274 g/mol. The second-order valence-corrected chi connectivity index (χ2v) is 6.89. The lowest BCUT2D eigenvalue weighted by Gasteiger charge is -2.30. The van der Waals surface area contributed by atoms with E-state index in [4.69, 9.17) is 16.7 Å². The Hall–Kier alpha value is -0.620. The SMILES string of the molecule is O=S(=O)(c1cccc(Cl)c1)N1CCCC(CO)C1. The lowest BCUT2D eigenvalue weighted by molar-refractivity contribution is 0.165. The predicted octanol–water partition coefficient (Wildman–Crippen LogP) is 1.73. The summed E-state index contributed by atoms with van der Waals surface area (Å²) >= 11 is 5.82. The Kier molecular flexibility index (Phi) is 4.27. The van der Waals surface area contributed by atoms with E-state index >= 15 is 0 Å². The molecule has 1 heterocycles. The molecule has 6 heteroatoms. The van der Waals surface area contributed by atoms with Crippen LogP contribution in [0, 0.1) is 5.92 Å². The highest BCUT2D eigenvalue weighted by Gasteiger charge is 2.29. The molecule has 0 aromatic heterocycles. The lowest BCUT2D eigenvalue weighted by Crippen LogP contribution is -2.40. The molecule has 1 unspecified atom stereocenters. The van der Waals surface area contributed by atoms with E-state index in [0.29, 0.717) is 18.1 Å². The van der Waals surface area contributed by atoms with E-state index in [-0.39, 0.29) is 17.4 Å². The summed E-state index contributed by atoms with van der Waals surface area (Å²) < 4.78 is 26.2. The number of aliphatic hydroxyl groups excluding tert-OH is 1. The Morgan fingerprint density at radius 1 is 1.44 bits per heavy atom. The van der Waals surface area contributed by atoms with Crippen LogP contribution in [0.15, 0.2) is 29.2 Å². The summed E-state index contributed by atoms with van der Waals surface area (Å²) in [7, 11) is -3.49. The molecule has 0 amide bonds. The third-order valence-electron chi connectivity index (χ3n) is 3.17. The molecular formula is C12H16ClNO3S. The molecule has 1 aromatic carbocycles. The van der Waals surface area contributed by atoms with Crippen molar-refractivity contribution in [3.63, 3.8) is 0 Å². The van der Waals surface area contributed by atoms with Crippen LogP contribution in [-0.4, -0.2) is 37.5 Å². The molecule has 1 aliphatic heterocycles. The molecule has 1 aromatic rings. The summed E-state index contributed by atoms with van der Waals surface area (Å²) in [5.74, 6) is 0.0349. The topological polar surface area (TPSA) is 57.6 Å². The van der Waals surface area contributed by atoms with Gasteiger partial charge in [0, 0.05) is 24.7 Å². The van der Waals surface area contributed by atoms with E-state index < -0.39 is 10.0 Å². The fourth-order valence-corrected chi connectivity index (χ4v) is 4.03. The van der Waals surface area contributed by atoms with Crippen LogP contribution in [0.25, 0.3) is 0 Å². The summed E-state index contributed by atoms with van der Waals surface area (Å²) in [6.45, 7) is 0.915. The average molecular weight is 290 g/mol. The van der Waals surface area contributed by atoms with Crippen molar-refractivity contribution in [3.05, 3.63) is 29.3 Å². The number of piperidine rings is 1. The van der Waals surface area contributed by atoms with Crippen LogP contribution in [0.2, 0.25) is 5.02 Å². The standard InChI is InChI=1S/C12H16ClNO3S/c13-11-4-1-5-12(7-11)18(16,17)14-6-2-3-10(8-14)9-15/h1,4-5,7,10,15H,2-3,6,8-9H2. The molecule has 0 spiro atoms. The first-order chi connectivity index (χ1) is 8.54. The number of halogens is 1. The summed E-state index contributed by atoms with van der Waals surface area (Å²) in [6.07, 6.45) is 1.66. The molecule has 2 rings (SSSR count). The molecule has 0 aliphatic carbocycles. The Morgan fingerprint density at radius 3 is 2.89 bits per heavy atom. The largest absolute Gasteiger partial charge is 0.396 e. The monoisotopic (exact) mass is 289 g/mol. The van der Waals surface area contributed by atoms with E-state index in [1.54, 1.807) is 18.2 Å². The first kappa shape index (κ1) is 13.8. The van der Waals surface area contributed by atoms with E-state index in [1.165, 1.54) is 10.4 Å². The van der Waals surface area contributed by atoms with Gasteiger partial charge in [-0.15, -0.1) is 0 Å². The zero-order valence-corrected chi connectivity index (χ0v) is 11.5. The van der Waals surface area contributed by atoms with Crippen LogP contribution in [0.5, 0.6) is 0 Å². The van der Waals surface area contributed by atoms with Gasteiger partial charge in [-0.05, 0) is 37.0 Å². The minimum Gasteiger partial charge on any atom is -0.396 e. The zero-order valence-electron chi connectivity index (χ0n) is 9.92. The first-order valence-electron chi connectivity index (χ1n) is 5.90. The lowest BCUT2D eigenvalue weighted by atomic mass is 10.0. The van der Waals surface area contributed by atoms with E-state index in [0.717, 1.165) is 12.8 Å². The molecule has 1 fully saturated rings. The molecule has 0 radical (unpaired) electrons. The predicted molar refractivity (Wildman–Crippen MR) is 70.0 cm³/mol. The molecule has 0 bridgehead atoms. The molecule has 1 N–H and O–H groups in total. The van der Waals surface area contributed by atoms with Crippen LogP contribution in [0.4, 0.5) is 0 Å².